The van der Waals surface area contributed by atoms with Crippen LogP contribution in [0.15, 0.2) is 23.8 Å². The minimum absolute atomic E-state index is 0.847. The largest absolute Gasteiger partial charge is 0.144 e. The lowest BCUT2D eigenvalue weighted by molar-refractivity contribution is 1.08. The number of fused-ring (bicyclic) bond motifs is 1. The van der Waals surface area contributed by atoms with Crippen molar-refractivity contribution in [3.05, 3.63) is 23.8 Å². The summed E-state index contributed by atoms with van der Waals surface area (Å²) in [5.74, 6) is 0. The van der Waals surface area contributed by atoms with E-state index in [1.807, 2.05) is 0 Å². The van der Waals surface area contributed by atoms with E-state index in [1.54, 1.807) is 0 Å². The number of hydrogen-bond donors (Lipinski definition) is 0. The Bertz CT molecular complexity index is 179. The number of thioether (sulfide) groups is 1. The molecule has 9 heavy (non-hydrogen) atoms. The summed E-state index contributed by atoms with van der Waals surface area (Å²) in [5, 5.41) is 1.70. The summed E-state index contributed by atoms with van der Waals surface area (Å²) in [4.78, 5) is 0. The second-order valence-corrected chi connectivity index (χ2v) is 3.88. The van der Waals surface area contributed by atoms with Crippen LogP contribution in [-0.4, -0.2) is 10.5 Å². The van der Waals surface area contributed by atoms with Gasteiger partial charge in [-0.05, 0) is 6.42 Å². The second kappa shape index (κ2) is 1.91. The van der Waals surface area contributed by atoms with Crippen LogP contribution in [0.5, 0.6) is 0 Å². The Labute approximate surface area is 60.0 Å². The van der Waals surface area contributed by atoms with Crippen molar-refractivity contribution in [3.8, 4) is 0 Å². The first kappa shape index (κ1) is 5.60. The fourth-order valence-corrected chi connectivity index (χ4v) is 2.01. The van der Waals surface area contributed by atoms with Crippen molar-refractivity contribution in [1.29, 1.82) is 0 Å². The summed E-state index contributed by atoms with van der Waals surface area (Å²) < 4.78 is 0. The van der Waals surface area contributed by atoms with E-state index in [-0.39, 0.29) is 0 Å². The van der Waals surface area contributed by atoms with E-state index in [0.717, 1.165) is 10.5 Å². The Morgan fingerprint density at radius 1 is 1.56 bits per heavy atom. The molecule has 0 aromatic rings. The molecule has 1 saturated heterocycles. The molecule has 48 valence electrons. The highest BCUT2D eigenvalue weighted by Gasteiger charge is 2.35. The molecule has 0 amide bonds. The summed E-state index contributed by atoms with van der Waals surface area (Å²) in [5.41, 5.74) is 1.52. The molecule has 0 spiro atoms. The predicted octanol–water partition coefficient (Wildman–Crippen LogP) is 2.38. The minimum Gasteiger partial charge on any atom is -0.144 e. The lowest BCUT2D eigenvalue weighted by atomic mass is 10.1. The Morgan fingerprint density at radius 2 is 2.44 bits per heavy atom. The van der Waals surface area contributed by atoms with E-state index in [1.165, 1.54) is 12.0 Å². The van der Waals surface area contributed by atoms with Crippen LogP contribution in [0.2, 0.25) is 0 Å². The fraction of sp³-hybridized carbons (Fsp3) is 0.500. The van der Waals surface area contributed by atoms with Gasteiger partial charge in [-0.2, -0.15) is 0 Å². The molecule has 1 fully saturated rings. The van der Waals surface area contributed by atoms with Crippen molar-refractivity contribution < 1.29 is 0 Å². The molecule has 2 atom stereocenters. The molecule has 2 rings (SSSR count). The van der Waals surface area contributed by atoms with Crippen LogP contribution in [0, 0.1) is 0 Å². The molecular weight excluding hydrogens is 128 g/mol. The van der Waals surface area contributed by atoms with E-state index >= 15 is 0 Å². The minimum atomic E-state index is 0.847. The molecule has 0 nitrogen and oxygen atoms in total. The van der Waals surface area contributed by atoms with Crippen molar-refractivity contribution in [2.75, 3.05) is 0 Å². The van der Waals surface area contributed by atoms with E-state index in [0.29, 0.717) is 0 Å². The lowest BCUT2D eigenvalue weighted by Gasteiger charge is -1.99. The maximum Gasteiger partial charge on any atom is 0.0393 e. The van der Waals surface area contributed by atoms with Crippen molar-refractivity contribution in [2.24, 2.45) is 0 Å². The van der Waals surface area contributed by atoms with Gasteiger partial charge in [0, 0.05) is 10.5 Å². The van der Waals surface area contributed by atoms with Crippen molar-refractivity contribution >= 4 is 11.8 Å². The van der Waals surface area contributed by atoms with Gasteiger partial charge in [0.1, 0.15) is 0 Å². The van der Waals surface area contributed by atoms with E-state index in [9.17, 15) is 0 Å². The SMILES string of the molecule is CCC1=CC2SC2C=C1. The predicted molar refractivity (Wildman–Crippen MR) is 42.7 cm³/mol. The third kappa shape index (κ3) is 0.940. The van der Waals surface area contributed by atoms with Gasteiger partial charge in [0.2, 0.25) is 0 Å². The highest BCUT2D eigenvalue weighted by Crippen LogP contribution is 2.46. The molecule has 1 heterocycles. The molecular formula is C8H10S. The van der Waals surface area contributed by atoms with E-state index in [2.05, 4.69) is 36.9 Å². The van der Waals surface area contributed by atoms with Crippen molar-refractivity contribution in [2.45, 2.75) is 23.8 Å². The van der Waals surface area contributed by atoms with Crippen LogP contribution in [0.4, 0.5) is 0 Å². The van der Waals surface area contributed by atoms with Gasteiger partial charge in [-0.15, -0.1) is 11.8 Å². The Kier molecular flexibility index (Phi) is 1.19. The molecule has 0 N–H and O–H groups in total. The zero-order valence-corrected chi connectivity index (χ0v) is 6.32. The summed E-state index contributed by atoms with van der Waals surface area (Å²) >= 11 is 2.05. The summed E-state index contributed by atoms with van der Waals surface area (Å²) in [7, 11) is 0. The van der Waals surface area contributed by atoms with Gasteiger partial charge in [-0.3, -0.25) is 0 Å². The zero-order valence-electron chi connectivity index (χ0n) is 5.50. The standard InChI is InChI=1S/C8H10S/c1-2-6-3-4-7-8(5-6)9-7/h3-5,7-8H,2H2,1H3. The molecule has 0 radical (unpaired) electrons. The lowest BCUT2D eigenvalue weighted by Crippen LogP contribution is -1.92. The molecule has 1 aliphatic carbocycles. The average molecular weight is 138 g/mol. The zero-order chi connectivity index (χ0) is 6.27. The maximum atomic E-state index is 2.40. The van der Waals surface area contributed by atoms with Gasteiger partial charge in [0.25, 0.3) is 0 Å². The van der Waals surface area contributed by atoms with E-state index in [4.69, 9.17) is 0 Å². The molecule has 0 aromatic carbocycles. The summed E-state index contributed by atoms with van der Waals surface area (Å²) in [6.07, 6.45) is 8.19. The number of allylic oxidation sites excluding steroid dienone is 2. The van der Waals surface area contributed by atoms with E-state index < -0.39 is 0 Å². The summed E-state index contributed by atoms with van der Waals surface area (Å²) in [6, 6.07) is 0. The molecule has 1 heteroatoms. The van der Waals surface area contributed by atoms with Crippen LogP contribution < -0.4 is 0 Å². The summed E-state index contributed by atoms with van der Waals surface area (Å²) in [6.45, 7) is 2.21. The first-order chi connectivity index (χ1) is 4.40. The third-order valence-electron chi connectivity index (χ3n) is 1.85. The molecule has 2 unspecified atom stereocenters. The van der Waals surface area contributed by atoms with Crippen LogP contribution >= 0.6 is 11.8 Å². The number of hydrogen-bond acceptors (Lipinski definition) is 1. The number of rotatable bonds is 1. The van der Waals surface area contributed by atoms with Crippen LogP contribution in [0.3, 0.4) is 0 Å². The Morgan fingerprint density at radius 3 is 3.11 bits per heavy atom. The normalized spacial score (nSPS) is 37.7. The van der Waals surface area contributed by atoms with Gasteiger partial charge < -0.3 is 0 Å². The highest BCUT2D eigenvalue weighted by atomic mass is 32.2. The Hall–Kier alpha value is -0.170. The van der Waals surface area contributed by atoms with Crippen LogP contribution in [0.1, 0.15) is 13.3 Å². The molecule has 2 aliphatic rings. The first-order valence-corrected chi connectivity index (χ1v) is 4.39. The monoisotopic (exact) mass is 138 g/mol. The molecule has 0 aromatic heterocycles. The van der Waals surface area contributed by atoms with Gasteiger partial charge >= 0.3 is 0 Å². The fourth-order valence-electron chi connectivity index (χ4n) is 1.15. The quantitative estimate of drug-likeness (QED) is 0.501. The third-order valence-corrected chi connectivity index (χ3v) is 3.04. The van der Waals surface area contributed by atoms with Gasteiger partial charge in [-0.1, -0.05) is 30.7 Å². The van der Waals surface area contributed by atoms with Gasteiger partial charge in [0.15, 0.2) is 0 Å². The van der Waals surface area contributed by atoms with Gasteiger partial charge in [-0.25, -0.2) is 0 Å². The van der Waals surface area contributed by atoms with Gasteiger partial charge in [0.05, 0.1) is 0 Å². The topological polar surface area (TPSA) is 0 Å². The molecule has 1 aliphatic heterocycles. The van der Waals surface area contributed by atoms with Crippen molar-refractivity contribution in [3.63, 3.8) is 0 Å². The maximum absolute atomic E-state index is 2.40. The van der Waals surface area contributed by atoms with Crippen LogP contribution in [0.25, 0.3) is 0 Å². The second-order valence-electron chi connectivity index (χ2n) is 2.52. The van der Waals surface area contributed by atoms with Crippen molar-refractivity contribution in [1.82, 2.24) is 0 Å². The smallest absolute Gasteiger partial charge is 0.0393 e. The molecule has 0 saturated carbocycles. The first-order valence-electron chi connectivity index (χ1n) is 3.44. The molecule has 0 bridgehead atoms. The average Bonchev–Trinajstić information content (AvgIpc) is 2.64. The Balaban J connectivity index is 2.16. The van der Waals surface area contributed by atoms with Crippen LogP contribution in [-0.2, 0) is 0 Å². The highest BCUT2D eigenvalue weighted by molar-refractivity contribution is 8.08.